The van der Waals surface area contributed by atoms with E-state index < -0.39 is 0 Å². The summed E-state index contributed by atoms with van der Waals surface area (Å²) in [6, 6.07) is 0.165. The second-order valence-electron chi connectivity index (χ2n) is 5.41. The first kappa shape index (κ1) is 12.9. The number of carbonyl (C=O) groups is 1. The van der Waals surface area contributed by atoms with E-state index >= 15 is 0 Å². The Labute approximate surface area is 108 Å². The lowest BCUT2D eigenvalue weighted by Gasteiger charge is -2.20. The zero-order valence-electron chi connectivity index (χ0n) is 11.3. The molecule has 1 fully saturated rings. The van der Waals surface area contributed by atoms with Gasteiger partial charge < -0.3 is 11.1 Å². The average Bonchev–Trinajstić information content (AvgIpc) is 3.09. The van der Waals surface area contributed by atoms with Crippen LogP contribution in [0.5, 0.6) is 0 Å². The van der Waals surface area contributed by atoms with Crippen LogP contribution in [0.1, 0.15) is 62.1 Å². The van der Waals surface area contributed by atoms with Gasteiger partial charge >= 0.3 is 0 Å². The molecule has 1 aliphatic rings. The molecule has 0 bridgehead atoms. The fourth-order valence-corrected chi connectivity index (χ4v) is 2.20. The van der Waals surface area contributed by atoms with Gasteiger partial charge in [-0.25, -0.2) is 0 Å². The molecule has 5 heteroatoms. The van der Waals surface area contributed by atoms with Crippen LogP contribution < -0.4 is 11.1 Å². The molecule has 18 heavy (non-hydrogen) atoms. The summed E-state index contributed by atoms with van der Waals surface area (Å²) < 4.78 is 0. The van der Waals surface area contributed by atoms with Crippen LogP contribution in [0.4, 0.5) is 5.69 Å². The van der Waals surface area contributed by atoms with Gasteiger partial charge in [-0.05, 0) is 25.2 Å². The highest BCUT2D eigenvalue weighted by Crippen LogP contribution is 2.42. The van der Waals surface area contributed by atoms with Gasteiger partial charge in [-0.1, -0.05) is 20.8 Å². The van der Waals surface area contributed by atoms with E-state index in [1.807, 2.05) is 0 Å². The zero-order valence-corrected chi connectivity index (χ0v) is 11.3. The number of aromatic nitrogens is 2. The third-order valence-corrected chi connectivity index (χ3v) is 3.60. The molecule has 1 amide bonds. The molecule has 1 saturated carbocycles. The van der Waals surface area contributed by atoms with Crippen LogP contribution in [-0.2, 0) is 0 Å². The van der Waals surface area contributed by atoms with Crippen LogP contribution in [0, 0.1) is 5.92 Å². The molecule has 5 nitrogen and oxygen atoms in total. The molecule has 2 rings (SSSR count). The van der Waals surface area contributed by atoms with E-state index in [0.717, 1.165) is 25.0 Å². The Morgan fingerprint density at radius 1 is 1.56 bits per heavy atom. The summed E-state index contributed by atoms with van der Waals surface area (Å²) in [7, 11) is 0. The van der Waals surface area contributed by atoms with Crippen LogP contribution in [0.25, 0.3) is 0 Å². The number of hydrogen-bond donors (Lipinski definition) is 3. The smallest absolute Gasteiger partial charge is 0.274 e. The number of nitrogen functional groups attached to an aromatic ring is 1. The van der Waals surface area contributed by atoms with Gasteiger partial charge in [0.25, 0.3) is 5.91 Å². The van der Waals surface area contributed by atoms with E-state index in [0.29, 0.717) is 23.2 Å². The Balaban J connectivity index is 2.08. The normalized spacial score (nSPS) is 16.9. The summed E-state index contributed by atoms with van der Waals surface area (Å²) in [6.07, 6.45) is 3.18. The Kier molecular flexibility index (Phi) is 3.59. The van der Waals surface area contributed by atoms with E-state index in [1.54, 1.807) is 0 Å². The standard InChI is InChI=1S/C13H22N4O/c1-4-9(7(2)3)15-13(18)12-10(14)11(16-17-12)8-5-6-8/h7-9H,4-6,14H2,1-3H3,(H,15,18)(H,16,17). The molecule has 1 aliphatic carbocycles. The predicted octanol–water partition coefficient (Wildman–Crippen LogP) is 2.03. The SMILES string of the molecule is CCC(NC(=O)c1n[nH]c(C2CC2)c1N)C(C)C. The van der Waals surface area contributed by atoms with Crippen LogP contribution in [0.15, 0.2) is 0 Å². The molecule has 0 radical (unpaired) electrons. The number of anilines is 1. The number of amides is 1. The molecule has 1 atom stereocenters. The van der Waals surface area contributed by atoms with Crippen molar-refractivity contribution in [3.63, 3.8) is 0 Å². The number of rotatable bonds is 5. The van der Waals surface area contributed by atoms with Gasteiger partial charge in [0.2, 0.25) is 0 Å². The minimum absolute atomic E-state index is 0.165. The molecule has 1 aromatic heterocycles. The van der Waals surface area contributed by atoms with Gasteiger partial charge in [-0.15, -0.1) is 0 Å². The van der Waals surface area contributed by atoms with Crippen molar-refractivity contribution in [2.75, 3.05) is 5.73 Å². The number of aromatic amines is 1. The Bertz CT molecular complexity index is 434. The summed E-state index contributed by atoms with van der Waals surface area (Å²) >= 11 is 0. The van der Waals surface area contributed by atoms with Crippen molar-refractivity contribution in [2.45, 2.75) is 52.0 Å². The number of nitrogens with two attached hydrogens (primary N) is 1. The maximum Gasteiger partial charge on any atom is 0.274 e. The minimum atomic E-state index is -0.170. The Morgan fingerprint density at radius 2 is 2.22 bits per heavy atom. The Morgan fingerprint density at radius 3 is 2.72 bits per heavy atom. The van der Waals surface area contributed by atoms with Crippen LogP contribution >= 0.6 is 0 Å². The van der Waals surface area contributed by atoms with Crippen LogP contribution in [0.3, 0.4) is 0 Å². The number of nitrogens with one attached hydrogen (secondary N) is 2. The second kappa shape index (κ2) is 5.00. The van der Waals surface area contributed by atoms with Gasteiger partial charge in [0.1, 0.15) is 0 Å². The summed E-state index contributed by atoms with van der Waals surface area (Å²) in [5.41, 5.74) is 7.78. The summed E-state index contributed by atoms with van der Waals surface area (Å²) in [6.45, 7) is 6.25. The number of H-pyrrole nitrogens is 1. The highest BCUT2D eigenvalue weighted by molar-refractivity contribution is 5.97. The van der Waals surface area contributed by atoms with Crippen molar-refractivity contribution in [1.29, 1.82) is 0 Å². The monoisotopic (exact) mass is 250 g/mol. The van der Waals surface area contributed by atoms with E-state index in [-0.39, 0.29) is 11.9 Å². The molecule has 4 N–H and O–H groups in total. The molecule has 1 unspecified atom stereocenters. The fraction of sp³-hybridized carbons (Fsp3) is 0.692. The minimum Gasteiger partial charge on any atom is -0.395 e. The summed E-state index contributed by atoms with van der Waals surface area (Å²) in [5.74, 6) is 0.712. The lowest BCUT2D eigenvalue weighted by Crippen LogP contribution is -2.38. The molecule has 0 aromatic carbocycles. The Hall–Kier alpha value is -1.52. The first-order valence-electron chi connectivity index (χ1n) is 6.69. The zero-order chi connectivity index (χ0) is 13.3. The predicted molar refractivity (Wildman–Crippen MR) is 71.4 cm³/mol. The first-order valence-corrected chi connectivity index (χ1v) is 6.69. The van der Waals surface area contributed by atoms with Gasteiger partial charge in [0.05, 0.1) is 11.4 Å². The van der Waals surface area contributed by atoms with E-state index in [9.17, 15) is 4.79 Å². The maximum absolute atomic E-state index is 12.1. The van der Waals surface area contributed by atoms with Crippen molar-refractivity contribution in [2.24, 2.45) is 5.92 Å². The first-order chi connectivity index (χ1) is 8.54. The van der Waals surface area contributed by atoms with E-state index in [2.05, 4.69) is 36.3 Å². The molecule has 1 heterocycles. The molecular weight excluding hydrogens is 228 g/mol. The lowest BCUT2D eigenvalue weighted by molar-refractivity contribution is 0.0920. The van der Waals surface area contributed by atoms with Crippen LogP contribution in [0.2, 0.25) is 0 Å². The molecule has 0 aliphatic heterocycles. The molecule has 100 valence electrons. The van der Waals surface area contributed by atoms with Gasteiger partial charge in [-0.2, -0.15) is 5.10 Å². The van der Waals surface area contributed by atoms with Crippen molar-refractivity contribution < 1.29 is 4.79 Å². The maximum atomic E-state index is 12.1. The summed E-state index contributed by atoms with van der Waals surface area (Å²) in [5, 5.41) is 9.96. The van der Waals surface area contributed by atoms with Crippen molar-refractivity contribution >= 4 is 11.6 Å². The van der Waals surface area contributed by atoms with Gasteiger partial charge in [0.15, 0.2) is 5.69 Å². The summed E-state index contributed by atoms with van der Waals surface area (Å²) in [4.78, 5) is 12.1. The van der Waals surface area contributed by atoms with Crippen molar-refractivity contribution in [3.05, 3.63) is 11.4 Å². The lowest BCUT2D eigenvalue weighted by atomic mass is 10.0. The van der Waals surface area contributed by atoms with Crippen LogP contribution in [-0.4, -0.2) is 22.1 Å². The molecule has 0 saturated heterocycles. The van der Waals surface area contributed by atoms with Gasteiger partial charge in [-0.3, -0.25) is 9.89 Å². The highest BCUT2D eigenvalue weighted by Gasteiger charge is 2.30. The average molecular weight is 250 g/mol. The number of hydrogen-bond acceptors (Lipinski definition) is 3. The third-order valence-electron chi connectivity index (χ3n) is 3.60. The topological polar surface area (TPSA) is 83.8 Å². The quantitative estimate of drug-likeness (QED) is 0.747. The van der Waals surface area contributed by atoms with Crippen molar-refractivity contribution in [3.8, 4) is 0 Å². The highest BCUT2D eigenvalue weighted by atomic mass is 16.2. The molecule has 0 spiro atoms. The molecular formula is C13H22N4O. The van der Waals surface area contributed by atoms with Gasteiger partial charge in [0, 0.05) is 12.0 Å². The number of carbonyl (C=O) groups excluding carboxylic acids is 1. The largest absolute Gasteiger partial charge is 0.395 e. The van der Waals surface area contributed by atoms with E-state index in [1.165, 1.54) is 0 Å². The third kappa shape index (κ3) is 2.49. The van der Waals surface area contributed by atoms with Crippen molar-refractivity contribution in [1.82, 2.24) is 15.5 Å². The second-order valence-corrected chi connectivity index (χ2v) is 5.41. The van der Waals surface area contributed by atoms with E-state index in [4.69, 9.17) is 5.73 Å². The molecule has 1 aromatic rings. The number of nitrogens with zero attached hydrogens (tertiary/aromatic N) is 1. The fourth-order valence-electron chi connectivity index (χ4n) is 2.20.